The molecule has 0 atom stereocenters. The van der Waals surface area contributed by atoms with Crippen LogP contribution in [-0.2, 0) is 0 Å². The fraction of sp³-hybridized carbons (Fsp3) is 0. The van der Waals surface area contributed by atoms with Gasteiger partial charge in [0.15, 0.2) is 5.82 Å². The molecule has 1 aromatic rings. The first-order valence-electron chi connectivity index (χ1n) is 2.44. The molecule has 0 radical (unpaired) electrons. The lowest BCUT2D eigenvalue weighted by Crippen LogP contribution is -1.84. The maximum atomic E-state index is 3.98. The zero-order valence-electron chi connectivity index (χ0n) is 4.71. The van der Waals surface area contributed by atoms with E-state index in [0.29, 0.717) is 5.82 Å². The summed E-state index contributed by atoms with van der Waals surface area (Å²) in [6.45, 7) is 3.53. The van der Waals surface area contributed by atoms with Gasteiger partial charge in [-0.05, 0) is 28.1 Å². The average molecular weight is 185 g/mol. The SMILES string of the molecule is C=Cc1nccc(Br)n1. The van der Waals surface area contributed by atoms with Crippen molar-refractivity contribution in [2.24, 2.45) is 0 Å². The van der Waals surface area contributed by atoms with Crippen molar-refractivity contribution in [3.8, 4) is 0 Å². The minimum atomic E-state index is 0.643. The quantitative estimate of drug-likeness (QED) is 0.624. The summed E-state index contributed by atoms with van der Waals surface area (Å²) in [6.07, 6.45) is 3.28. The van der Waals surface area contributed by atoms with E-state index in [-0.39, 0.29) is 0 Å². The fourth-order valence-corrected chi connectivity index (χ4v) is 0.749. The third-order valence-corrected chi connectivity index (χ3v) is 1.26. The summed E-state index contributed by atoms with van der Waals surface area (Å²) in [4.78, 5) is 7.88. The van der Waals surface area contributed by atoms with Gasteiger partial charge in [-0.1, -0.05) is 6.58 Å². The first-order chi connectivity index (χ1) is 4.33. The summed E-state index contributed by atoms with van der Waals surface area (Å²) in [5, 5.41) is 0. The number of aromatic nitrogens is 2. The largest absolute Gasteiger partial charge is 0.237 e. The van der Waals surface area contributed by atoms with Crippen molar-refractivity contribution in [2.45, 2.75) is 0 Å². The highest BCUT2D eigenvalue weighted by atomic mass is 79.9. The molecule has 0 saturated carbocycles. The molecule has 0 N–H and O–H groups in total. The third kappa shape index (κ3) is 1.61. The molecule has 1 aromatic heterocycles. The van der Waals surface area contributed by atoms with Gasteiger partial charge in [0.05, 0.1) is 0 Å². The Kier molecular flexibility index (Phi) is 1.95. The molecular weight excluding hydrogens is 180 g/mol. The second-order valence-electron chi connectivity index (χ2n) is 1.44. The zero-order valence-corrected chi connectivity index (χ0v) is 6.30. The Bertz CT molecular complexity index is 222. The Hall–Kier alpha value is -0.700. The molecule has 1 heterocycles. The summed E-state index contributed by atoms with van der Waals surface area (Å²) < 4.78 is 0.785. The second-order valence-corrected chi connectivity index (χ2v) is 2.25. The van der Waals surface area contributed by atoms with E-state index in [1.54, 1.807) is 18.3 Å². The Morgan fingerprint density at radius 2 is 2.44 bits per heavy atom. The molecular formula is C6H5BrN2. The molecule has 3 heteroatoms. The predicted molar refractivity (Wildman–Crippen MR) is 39.8 cm³/mol. The minimum Gasteiger partial charge on any atom is -0.237 e. The molecule has 0 aliphatic carbocycles. The molecule has 0 amide bonds. The molecule has 0 aliphatic heterocycles. The van der Waals surface area contributed by atoms with Crippen molar-refractivity contribution in [3.05, 3.63) is 29.3 Å². The van der Waals surface area contributed by atoms with Gasteiger partial charge < -0.3 is 0 Å². The molecule has 0 aliphatic rings. The second kappa shape index (κ2) is 2.73. The summed E-state index contributed by atoms with van der Waals surface area (Å²) in [6, 6.07) is 1.77. The van der Waals surface area contributed by atoms with Gasteiger partial charge in [-0.3, -0.25) is 0 Å². The van der Waals surface area contributed by atoms with Crippen molar-refractivity contribution >= 4 is 22.0 Å². The molecule has 0 aromatic carbocycles. The van der Waals surface area contributed by atoms with Crippen LogP contribution >= 0.6 is 15.9 Å². The van der Waals surface area contributed by atoms with Crippen LogP contribution in [0.4, 0.5) is 0 Å². The monoisotopic (exact) mass is 184 g/mol. The van der Waals surface area contributed by atoms with Crippen LogP contribution in [-0.4, -0.2) is 9.97 Å². The maximum Gasteiger partial charge on any atom is 0.152 e. The lowest BCUT2D eigenvalue weighted by atomic mass is 10.5. The Labute approximate surface area is 61.8 Å². The van der Waals surface area contributed by atoms with Gasteiger partial charge in [0.2, 0.25) is 0 Å². The lowest BCUT2D eigenvalue weighted by Gasteiger charge is -1.89. The summed E-state index contributed by atoms with van der Waals surface area (Å²) in [5.74, 6) is 0.643. The molecule has 0 spiro atoms. The fourth-order valence-electron chi connectivity index (χ4n) is 0.449. The van der Waals surface area contributed by atoms with Gasteiger partial charge in [-0.15, -0.1) is 0 Å². The highest BCUT2D eigenvalue weighted by molar-refractivity contribution is 9.10. The van der Waals surface area contributed by atoms with Crippen LogP contribution in [0.2, 0.25) is 0 Å². The molecule has 0 bridgehead atoms. The molecule has 46 valence electrons. The summed E-state index contributed by atoms with van der Waals surface area (Å²) in [7, 11) is 0. The first-order valence-corrected chi connectivity index (χ1v) is 3.23. The summed E-state index contributed by atoms with van der Waals surface area (Å²) in [5.41, 5.74) is 0. The lowest BCUT2D eigenvalue weighted by molar-refractivity contribution is 1.11. The molecule has 1 rings (SSSR count). The van der Waals surface area contributed by atoms with E-state index in [4.69, 9.17) is 0 Å². The molecule has 0 fully saturated rings. The molecule has 0 unspecified atom stereocenters. The standard InChI is InChI=1S/C6H5BrN2/c1-2-6-8-4-3-5(7)9-6/h2-4H,1H2. The topological polar surface area (TPSA) is 25.8 Å². The van der Waals surface area contributed by atoms with E-state index in [2.05, 4.69) is 32.5 Å². The number of nitrogens with zero attached hydrogens (tertiary/aromatic N) is 2. The van der Waals surface area contributed by atoms with E-state index in [1.807, 2.05) is 0 Å². The van der Waals surface area contributed by atoms with Crippen molar-refractivity contribution < 1.29 is 0 Å². The van der Waals surface area contributed by atoms with Gasteiger partial charge >= 0.3 is 0 Å². The number of rotatable bonds is 1. The predicted octanol–water partition coefficient (Wildman–Crippen LogP) is 1.88. The Balaban J connectivity index is 3.07. The van der Waals surface area contributed by atoms with Crippen molar-refractivity contribution in [1.29, 1.82) is 0 Å². The Morgan fingerprint density at radius 3 is 2.89 bits per heavy atom. The van der Waals surface area contributed by atoms with Crippen LogP contribution in [0.25, 0.3) is 6.08 Å². The van der Waals surface area contributed by atoms with E-state index in [9.17, 15) is 0 Å². The van der Waals surface area contributed by atoms with Gasteiger partial charge in [0.25, 0.3) is 0 Å². The van der Waals surface area contributed by atoms with Gasteiger partial charge in [-0.25, -0.2) is 9.97 Å². The van der Waals surface area contributed by atoms with Crippen LogP contribution in [0.3, 0.4) is 0 Å². The van der Waals surface area contributed by atoms with Crippen LogP contribution in [0, 0.1) is 0 Å². The number of halogens is 1. The number of hydrogen-bond donors (Lipinski definition) is 0. The van der Waals surface area contributed by atoms with Crippen molar-refractivity contribution in [2.75, 3.05) is 0 Å². The first kappa shape index (κ1) is 6.42. The smallest absolute Gasteiger partial charge is 0.152 e. The van der Waals surface area contributed by atoms with E-state index < -0.39 is 0 Å². The highest BCUT2D eigenvalue weighted by Gasteiger charge is 1.87. The summed E-state index contributed by atoms with van der Waals surface area (Å²) >= 11 is 3.20. The van der Waals surface area contributed by atoms with Crippen molar-refractivity contribution in [3.63, 3.8) is 0 Å². The third-order valence-electron chi connectivity index (χ3n) is 0.823. The average Bonchev–Trinajstić information content (AvgIpc) is 1.88. The van der Waals surface area contributed by atoms with Gasteiger partial charge in [0.1, 0.15) is 4.60 Å². The molecule has 2 nitrogen and oxygen atoms in total. The van der Waals surface area contributed by atoms with E-state index >= 15 is 0 Å². The zero-order chi connectivity index (χ0) is 6.69. The van der Waals surface area contributed by atoms with E-state index in [0.717, 1.165) is 4.60 Å². The van der Waals surface area contributed by atoms with Crippen LogP contribution in [0.5, 0.6) is 0 Å². The van der Waals surface area contributed by atoms with Crippen LogP contribution in [0.15, 0.2) is 23.4 Å². The molecule has 0 saturated heterocycles. The minimum absolute atomic E-state index is 0.643. The Morgan fingerprint density at radius 1 is 1.67 bits per heavy atom. The van der Waals surface area contributed by atoms with Crippen molar-refractivity contribution in [1.82, 2.24) is 9.97 Å². The maximum absolute atomic E-state index is 3.98. The normalized spacial score (nSPS) is 9.00. The molecule has 9 heavy (non-hydrogen) atoms. The van der Waals surface area contributed by atoms with Gasteiger partial charge in [-0.2, -0.15) is 0 Å². The number of hydrogen-bond acceptors (Lipinski definition) is 2. The highest BCUT2D eigenvalue weighted by Crippen LogP contribution is 2.03. The van der Waals surface area contributed by atoms with Gasteiger partial charge in [0, 0.05) is 6.20 Å². The van der Waals surface area contributed by atoms with Crippen LogP contribution < -0.4 is 0 Å². The van der Waals surface area contributed by atoms with E-state index in [1.165, 1.54) is 0 Å². The van der Waals surface area contributed by atoms with Crippen LogP contribution in [0.1, 0.15) is 5.82 Å².